The molecule has 0 radical (unpaired) electrons. The molecule has 1 amide bonds. The lowest BCUT2D eigenvalue weighted by molar-refractivity contribution is -0.138. The molecule has 2 saturated carbocycles. The number of nitrogens with zero attached hydrogens (tertiary/aromatic N) is 2. The van der Waals surface area contributed by atoms with Crippen LogP contribution in [0.2, 0.25) is 10.0 Å². The van der Waals surface area contributed by atoms with Crippen molar-refractivity contribution in [2.24, 2.45) is 10.4 Å². The summed E-state index contributed by atoms with van der Waals surface area (Å²) in [6.07, 6.45) is 5.09. The van der Waals surface area contributed by atoms with Crippen LogP contribution in [0.4, 0.5) is 5.69 Å². The molecule has 5 rings (SSSR count). The molecule has 1 spiro atoms. The van der Waals surface area contributed by atoms with Crippen molar-refractivity contribution in [3.05, 3.63) is 63.1 Å². The molecule has 6 nitrogen and oxygen atoms in total. The number of hydrogen-bond donors (Lipinski definition) is 1. The number of aliphatic imine (C=N–C) groups is 1. The zero-order valence-corrected chi connectivity index (χ0v) is 21.7. The Morgan fingerprint density at radius 1 is 1.11 bits per heavy atom. The molecule has 9 heteroatoms. The molecular weight excluding hydrogens is 523 g/mol. The minimum absolute atomic E-state index is 0.0207. The molecule has 36 heavy (non-hydrogen) atoms. The van der Waals surface area contributed by atoms with Crippen LogP contribution in [0.3, 0.4) is 0 Å². The van der Waals surface area contributed by atoms with Gasteiger partial charge in [0.15, 0.2) is 11.8 Å². The third kappa shape index (κ3) is 4.23. The number of amides is 1. The van der Waals surface area contributed by atoms with Crippen molar-refractivity contribution < 1.29 is 19.5 Å². The monoisotopic (exact) mass is 546 g/mol. The van der Waals surface area contributed by atoms with Crippen LogP contribution >= 0.6 is 34.8 Å². The Balaban J connectivity index is 1.38. The highest BCUT2D eigenvalue weighted by Crippen LogP contribution is 2.49. The van der Waals surface area contributed by atoms with Gasteiger partial charge in [0, 0.05) is 18.7 Å². The number of halogens is 3. The van der Waals surface area contributed by atoms with Crippen LogP contribution < -0.4 is 4.90 Å². The van der Waals surface area contributed by atoms with Crippen LogP contribution in [0.1, 0.15) is 53.6 Å². The Bertz CT molecular complexity index is 1270. The first-order chi connectivity index (χ1) is 17.2. The third-order valence-electron chi connectivity index (χ3n) is 7.61. The summed E-state index contributed by atoms with van der Waals surface area (Å²) < 4.78 is 0. The fourth-order valence-corrected chi connectivity index (χ4v) is 6.75. The van der Waals surface area contributed by atoms with Gasteiger partial charge in [-0.1, -0.05) is 60.7 Å². The average molecular weight is 548 g/mol. The highest BCUT2D eigenvalue weighted by atomic mass is 35.5. The second-order valence-electron chi connectivity index (χ2n) is 9.71. The van der Waals surface area contributed by atoms with Gasteiger partial charge in [0.2, 0.25) is 0 Å². The number of aliphatic carboxylic acids is 1. The van der Waals surface area contributed by atoms with Crippen molar-refractivity contribution in [3.8, 4) is 0 Å². The second-order valence-corrected chi connectivity index (χ2v) is 11.0. The van der Waals surface area contributed by atoms with Gasteiger partial charge in [-0.3, -0.25) is 14.6 Å². The number of ketones is 1. The van der Waals surface area contributed by atoms with Crippen LogP contribution in [-0.4, -0.2) is 46.4 Å². The number of fused-ring (bicyclic) bond motifs is 1. The quantitative estimate of drug-likeness (QED) is 0.481. The largest absolute Gasteiger partial charge is 0.480 e. The Morgan fingerprint density at radius 3 is 2.47 bits per heavy atom. The molecule has 1 N–H and O–H groups in total. The molecular formula is C27H25Cl3N2O4. The van der Waals surface area contributed by atoms with Gasteiger partial charge in [0.25, 0.3) is 5.91 Å². The summed E-state index contributed by atoms with van der Waals surface area (Å²) in [5.74, 6) is -1.34. The molecule has 2 atom stereocenters. The predicted octanol–water partition coefficient (Wildman–Crippen LogP) is 5.77. The van der Waals surface area contributed by atoms with Gasteiger partial charge in [-0.2, -0.15) is 0 Å². The normalized spacial score (nSPS) is 22.4. The average Bonchev–Trinajstić information content (AvgIpc) is 3.29. The van der Waals surface area contributed by atoms with Gasteiger partial charge in [-0.25, -0.2) is 4.79 Å². The summed E-state index contributed by atoms with van der Waals surface area (Å²) >= 11 is 18.8. The maximum Gasteiger partial charge on any atom is 0.328 e. The Morgan fingerprint density at radius 2 is 1.81 bits per heavy atom. The maximum absolute atomic E-state index is 13.2. The number of rotatable bonds is 5. The van der Waals surface area contributed by atoms with Gasteiger partial charge in [-0.05, 0) is 48.6 Å². The Kier molecular flexibility index (Phi) is 6.88. The number of carbonyl (C=O) groups excluding carboxylic acids is 2. The van der Waals surface area contributed by atoms with E-state index in [1.807, 2.05) is 18.2 Å². The first-order valence-electron chi connectivity index (χ1n) is 12.1. The van der Waals surface area contributed by atoms with E-state index in [9.17, 15) is 19.5 Å². The number of carbonyl (C=O) groups is 3. The molecule has 0 bridgehead atoms. The molecule has 1 heterocycles. The Hall–Kier alpha value is -2.41. The zero-order chi connectivity index (χ0) is 25.6. The molecule has 3 aliphatic rings. The van der Waals surface area contributed by atoms with E-state index < -0.39 is 22.8 Å². The molecule has 2 aliphatic carbocycles. The molecule has 2 aromatic rings. The van der Waals surface area contributed by atoms with Gasteiger partial charge in [-0.15, -0.1) is 11.6 Å². The van der Waals surface area contributed by atoms with Crippen molar-refractivity contribution in [2.75, 3.05) is 11.4 Å². The summed E-state index contributed by atoms with van der Waals surface area (Å²) in [6, 6.07) is 9.48. The van der Waals surface area contributed by atoms with Crippen LogP contribution in [0.5, 0.6) is 0 Å². The van der Waals surface area contributed by atoms with Crippen molar-refractivity contribution in [1.29, 1.82) is 0 Å². The standard InChI is InChI=1S/C27H25Cl3N2O4/c28-17-5-4-6-18(29)21(17)25(34)32-12-9-16-13-15(7-8-20(16)32)14-19(26(35)36)31-23-22(30)24(33)27(23)10-2-1-3-11-27/h4-8,13,19,22H,1-3,9-12,14H2,(H,35,36). The minimum Gasteiger partial charge on any atom is -0.480 e. The molecule has 2 unspecified atom stereocenters. The summed E-state index contributed by atoms with van der Waals surface area (Å²) in [6.45, 7) is 0.475. The molecule has 0 aromatic heterocycles. The second kappa shape index (κ2) is 9.81. The van der Waals surface area contributed by atoms with E-state index in [0.29, 0.717) is 41.6 Å². The highest BCUT2D eigenvalue weighted by Gasteiger charge is 2.58. The molecule has 2 fully saturated rings. The number of hydrogen-bond acceptors (Lipinski definition) is 4. The number of alkyl halides is 1. The fraction of sp³-hybridized carbons (Fsp3) is 0.407. The van der Waals surface area contributed by atoms with E-state index >= 15 is 0 Å². The number of carboxylic acid groups (broad SMARTS) is 1. The van der Waals surface area contributed by atoms with Gasteiger partial charge in [0.05, 0.1) is 26.7 Å². The minimum atomic E-state index is -1.05. The predicted molar refractivity (Wildman–Crippen MR) is 141 cm³/mol. The molecule has 0 saturated heterocycles. The van der Waals surface area contributed by atoms with Crippen molar-refractivity contribution in [3.63, 3.8) is 0 Å². The summed E-state index contributed by atoms with van der Waals surface area (Å²) in [5, 5.41) is 9.67. The van der Waals surface area contributed by atoms with E-state index in [-0.39, 0.29) is 23.7 Å². The molecule has 188 valence electrons. The summed E-state index contributed by atoms with van der Waals surface area (Å²) in [5.41, 5.74) is 2.63. The van der Waals surface area contributed by atoms with E-state index in [4.69, 9.17) is 34.8 Å². The van der Waals surface area contributed by atoms with Gasteiger partial charge in [0.1, 0.15) is 5.38 Å². The van der Waals surface area contributed by atoms with E-state index in [1.165, 1.54) is 0 Å². The lowest BCUT2D eigenvalue weighted by Gasteiger charge is -2.47. The first kappa shape index (κ1) is 25.2. The van der Waals surface area contributed by atoms with Crippen molar-refractivity contribution >= 4 is 63.9 Å². The molecule has 2 aromatic carbocycles. The van der Waals surface area contributed by atoms with Gasteiger partial charge < -0.3 is 10.0 Å². The van der Waals surface area contributed by atoms with E-state index in [0.717, 1.165) is 36.1 Å². The lowest BCUT2D eigenvalue weighted by atomic mass is 9.58. The van der Waals surface area contributed by atoms with Crippen LogP contribution in [0.15, 0.2) is 41.4 Å². The number of Topliss-reactive ketones (excluding diaryl/α,β-unsaturated/α-hetero) is 1. The highest BCUT2D eigenvalue weighted by molar-refractivity contribution is 6.54. The first-order valence-corrected chi connectivity index (χ1v) is 13.3. The molecule has 1 aliphatic heterocycles. The summed E-state index contributed by atoms with van der Waals surface area (Å²) in [7, 11) is 0. The van der Waals surface area contributed by atoms with Crippen LogP contribution in [-0.2, 0) is 22.4 Å². The van der Waals surface area contributed by atoms with Crippen molar-refractivity contribution in [1.82, 2.24) is 0 Å². The van der Waals surface area contributed by atoms with Crippen LogP contribution in [0, 0.1) is 5.41 Å². The number of anilines is 1. The van der Waals surface area contributed by atoms with E-state index in [1.54, 1.807) is 23.1 Å². The number of carboxylic acids is 1. The fourth-order valence-electron chi connectivity index (χ4n) is 5.71. The maximum atomic E-state index is 13.2. The lowest BCUT2D eigenvalue weighted by Crippen LogP contribution is -2.61. The Labute approximate surface area is 224 Å². The van der Waals surface area contributed by atoms with E-state index in [2.05, 4.69) is 4.99 Å². The van der Waals surface area contributed by atoms with Gasteiger partial charge >= 0.3 is 5.97 Å². The third-order valence-corrected chi connectivity index (χ3v) is 8.64. The smallest absolute Gasteiger partial charge is 0.328 e. The number of benzene rings is 2. The summed E-state index contributed by atoms with van der Waals surface area (Å²) in [4.78, 5) is 44.1. The SMILES string of the molecule is O=C(O)C(Cc1ccc2c(c1)CCN2C(=O)c1c(Cl)cccc1Cl)N=C1C(Cl)C(=O)C12CCCCC2. The topological polar surface area (TPSA) is 87.0 Å². The van der Waals surface area contributed by atoms with Crippen molar-refractivity contribution in [2.45, 2.75) is 56.4 Å². The van der Waals surface area contributed by atoms with Crippen LogP contribution in [0.25, 0.3) is 0 Å². The zero-order valence-electron chi connectivity index (χ0n) is 19.5.